The van der Waals surface area contributed by atoms with Crippen molar-refractivity contribution in [2.45, 2.75) is 91.8 Å². The van der Waals surface area contributed by atoms with Gasteiger partial charge in [0.05, 0.1) is 6.29 Å². The average Bonchev–Trinajstić information content (AvgIpc) is 3.20. The first-order valence-corrected chi connectivity index (χ1v) is 18.9. The zero-order chi connectivity index (χ0) is 39.8. The minimum absolute atomic E-state index is 0. The van der Waals surface area contributed by atoms with Gasteiger partial charge in [-0.2, -0.15) is 6.07 Å². The van der Waals surface area contributed by atoms with Crippen LogP contribution in [0.3, 0.4) is 0 Å². The summed E-state index contributed by atoms with van der Waals surface area (Å²) in [6.07, 6.45) is 18.7. The first-order valence-electron chi connectivity index (χ1n) is 18.6. The Labute approximate surface area is 355 Å². The fourth-order valence-electron chi connectivity index (χ4n) is 5.94. The number of rotatable bonds is 16. The minimum Gasteiger partial charge on any atom is -0.473 e. The molecule has 2 unspecified atom stereocenters. The van der Waals surface area contributed by atoms with Gasteiger partial charge in [0, 0.05) is 111 Å². The molecule has 0 aliphatic carbocycles. The standard InChI is InChI=1S/C36H47ClFN4O3.C4H6.C2H6.C2H2.U/c1-26-9-10-29(24-43)21-35(26)42(23-28(3)40(4)27(2)15-20-44-5)19-18-41-16-13-30(14-17-41)34-7-6-8-36(39-34)45-25-31-11-12-32(37)22-33(31)38;1-3-4-2;2*1-2;/h6-12,21-22,27-28,30H,13-20,23,25H2,1-5H3;1H,4H2,2H3;1-2H3;1-2H;/q-1;;;;. The normalized spacial score (nSPS) is 13.6. The van der Waals surface area contributed by atoms with Crippen LogP contribution in [0.2, 0.25) is 5.02 Å². The van der Waals surface area contributed by atoms with Crippen LogP contribution in [0.25, 0.3) is 0 Å². The van der Waals surface area contributed by atoms with Crippen LogP contribution < -0.4 is 9.64 Å². The fourth-order valence-corrected chi connectivity index (χ4v) is 6.10. The molecule has 0 bridgehead atoms. The van der Waals surface area contributed by atoms with Crippen LogP contribution in [-0.2, 0) is 16.1 Å². The number of benzene rings is 2. The zero-order valence-electron chi connectivity index (χ0n) is 33.7. The van der Waals surface area contributed by atoms with Gasteiger partial charge in [0.25, 0.3) is 0 Å². The molecule has 1 aliphatic rings. The first kappa shape index (κ1) is 51.1. The van der Waals surface area contributed by atoms with E-state index in [0.29, 0.717) is 40.0 Å². The number of methoxy groups -OCH3 is 1. The van der Waals surface area contributed by atoms with Crippen molar-refractivity contribution in [3.63, 3.8) is 0 Å². The summed E-state index contributed by atoms with van der Waals surface area (Å²) in [4.78, 5) is 23.6. The third-order valence-corrected chi connectivity index (χ3v) is 9.55. The number of likely N-dealkylation sites (N-methyl/N-ethyl adjacent to an activating group) is 1. The van der Waals surface area contributed by atoms with Gasteiger partial charge in [-0.05, 0) is 84.1 Å². The second-order valence-corrected chi connectivity index (χ2v) is 13.2. The number of nitrogens with zero attached hydrogens (tertiary/aromatic N) is 4. The molecule has 2 aromatic carbocycles. The van der Waals surface area contributed by atoms with E-state index in [4.69, 9.17) is 32.5 Å². The Morgan fingerprint density at radius 3 is 2.35 bits per heavy atom. The molecule has 2 heterocycles. The van der Waals surface area contributed by atoms with Gasteiger partial charge in [0.15, 0.2) is 0 Å². The molecule has 2 atom stereocenters. The molecule has 1 aliphatic heterocycles. The zero-order valence-corrected chi connectivity index (χ0v) is 38.6. The molecule has 0 radical (unpaired) electrons. The van der Waals surface area contributed by atoms with E-state index in [1.807, 2.05) is 51.1 Å². The van der Waals surface area contributed by atoms with Crippen molar-refractivity contribution in [1.82, 2.24) is 14.8 Å². The van der Waals surface area contributed by atoms with Crippen LogP contribution in [0, 0.1) is 69.0 Å². The van der Waals surface area contributed by atoms with Gasteiger partial charge in [-0.15, -0.1) is 42.9 Å². The second-order valence-electron chi connectivity index (χ2n) is 12.8. The van der Waals surface area contributed by atoms with Gasteiger partial charge in [0.2, 0.25) is 5.88 Å². The van der Waals surface area contributed by atoms with Gasteiger partial charge in [-0.25, -0.2) is 9.37 Å². The van der Waals surface area contributed by atoms with Gasteiger partial charge < -0.3 is 24.1 Å². The van der Waals surface area contributed by atoms with E-state index >= 15 is 0 Å². The van der Waals surface area contributed by atoms with E-state index in [2.05, 4.69) is 73.6 Å². The van der Waals surface area contributed by atoms with Crippen LogP contribution in [0.1, 0.15) is 88.6 Å². The number of likely N-dealkylation sites (tertiary alicyclic amines) is 1. The quantitative estimate of drug-likeness (QED) is 0.105. The summed E-state index contributed by atoms with van der Waals surface area (Å²) < 4.78 is 25.3. The van der Waals surface area contributed by atoms with E-state index in [1.165, 1.54) is 6.07 Å². The molecule has 1 fully saturated rings. The maximum Gasteiger partial charge on any atom is 0.213 e. The largest absolute Gasteiger partial charge is 0.473 e. The summed E-state index contributed by atoms with van der Waals surface area (Å²) in [5.41, 5.74) is 4.29. The Hall–Kier alpha value is -2.87. The van der Waals surface area contributed by atoms with Gasteiger partial charge in [-0.1, -0.05) is 50.1 Å². The van der Waals surface area contributed by atoms with E-state index in [9.17, 15) is 9.18 Å². The topological polar surface area (TPSA) is 58.1 Å². The maximum atomic E-state index is 14.2. The smallest absolute Gasteiger partial charge is 0.213 e. The molecule has 1 saturated heterocycles. The number of halogens is 2. The first-order chi connectivity index (χ1) is 25.6. The molecule has 1 aromatic heterocycles. The van der Waals surface area contributed by atoms with E-state index < -0.39 is 0 Å². The second kappa shape index (κ2) is 29.4. The number of carbonyl (C=O) groups excluding carboxylic acids is 1. The van der Waals surface area contributed by atoms with Crippen molar-refractivity contribution in [1.29, 1.82) is 0 Å². The van der Waals surface area contributed by atoms with Crippen molar-refractivity contribution in [2.24, 2.45) is 0 Å². The Morgan fingerprint density at radius 1 is 1.09 bits per heavy atom. The Balaban J connectivity index is 0.00000288. The predicted octanol–water partition coefficient (Wildman–Crippen LogP) is 8.96. The third-order valence-electron chi connectivity index (χ3n) is 9.31. The summed E-state index contributed by atoms with van der Waals surface area (Å²) in [5.74, 6) is 2.89. The predicted molar refractivity (Wildman–Crippen MR) is 220 cm³/mol. The molecule has 0 spiro atoms. The molecule has 10 heteroatoms. The maximum absolute atomic E-state index is 14.2. The fraction of sp³-hybridized carbons (Fsp3) is 0.500. The molecule has 0 N–H and O–H groups in total. The van der Waals surface area contributed by atoms with Crippen LogP contribution in [-0.4, -0.2) is 86.6 Å². The molecular formula is C44H61ClFN4O3U-. The van der Waals surface area contributed by atoms with Crippen LogP contribution in [0.15, 0.2) is 54.6 Å². The van der Waals surface area contributed by atoms with Crippen molar-refractivity contribution >= 4 is 23.6 Å². The monoisotopic (exact) mass is 985 g/mol. The number of ether oxygens (including phenoxy) is 2. The number of terminal acetylenes is 2. The van der Waals surface area contributed by atoms with Crippen LogP contribution in [0.4, 0.5) is 10.1 Å². The number of aromatic nitrogens is 1. The van der Waals surface area contributed by atoms with Gasteiger partial charge in [-0.3, -0.25) is 4.90 Å². The molecule has 54 heavy (non-hydrogen) atoms. The van der Waals surface area contributed by atoms with Crippen LogP contribution in [0.5, 0.6) is 5.88 Å². The van der Waals surface area contributed by atoms with Crippen LogP contribution >= 0.6 is 11.6 Å². The molecule has 7 nitrogen and oxygen atoms in total. The number of hydrogen-bond acceptors (Lipinski definition) is 7. The Kier molecular flexibility index (Phi) is 27.9. The number of piperidine rings is 1. The summed E-state index contributed by atoms with van der Waals surface area (Å²) in [7, 11) is 3.93. The average molecular weight is 986 g/mol. The Bertz CT molecular complexity index is 1540. The number of hydrogen-bond donors (Lipinski definition) is 0. The van der Waals surface area contributed by atoms with E-state index in [1.54, 1.807) is 19.2 Å². The molecular weight excluding hydrogens is 925 g/mol. The van der Waals surface area contributed by atoms with Crippen molar-refractivity contribution in [2.75, 3.05) is 58.4 Å². The summed E-state index contributed by atoms with van der Waals surface area (Å²) in [5, 5.41) is 0.363. The molecule has 0 saturated carbocycles. The van der Waals surface area contributed by atoms with Crippen molar-refractivity contribution in [3.8, 4) is 31.1 Å². The summed E-state index contributed by atoms with van der Waals surface area (Å²) in [6.45, 7) is 18.0. The third kappa shape index (κ3) is 17.7. The summed E-state index contributed by atoms with van der Waals surface area (Å²) in [6, 6.07) is 17.0. The number of pyridine rings is 1. The van der Waals surface area contributed by atoms with E-state index in [0.717, 1.165) is 82.0 Å². The van der Waals surface area contributed by atoms with Gasteiger partial charge in [0.1, 0.15) is 12.4 Å². The molecule has 0 amide bonds. The van der Waals surface area contributed by atoms with Crippen molar-refractivity contribution < 1.29 is 49.8 Å². The molecule has 3 aromatic rings. The SMILES string of the molecule is C#C.C#CCC.CC.COCCC(C)N(C)C(C)CN(CCN1CCC(c2cccc(OCc3ccc(Cl)cc3F)n2)CC1)c1cc([C-]=O)ccc1C.[U]. The number of aryl methyl sites for hydroxylation is 1. The molecule has 294 valence electrons. The summed E-state index contributed by atoms with van der Waals surface area (Å²) >= 11 is 5.87. The Morgan fingerprint density at radius 2 is 1.76 bits per heavy atom. The number of anilines is 1. The van der Waals surface area contributed by atoms with E-state index in [-0.39, 0.29) is 43.5 Å². The molecule has 4 rings (SSSR count). The van der Waals surface area contributed by atoms with Gasteiger partial charge >= 0.3 is 0 Å². The van der Waals surface area contributed by atoms with Crippen molar-refractivity contribution in [3.05, 3.63) is 87.8 Å². The minimum atomic E-state index is -0.382.